The van der Waals surface area contributed by atoms with Gasteiger partial charge in [-0.05, 0) is 17.9 Å². The fourth-order valence-electron chi connectivity index (χ4n) is 0.779. The van der Waals surface area contributed by atoms with Crippen molar-refractivity contribution in [3.8, 4) is 0 Å². The summed E-state index contributed by atoms with van der Waals surface area (Å²) in [5.74, 6) is 0.133. The molecule has 1 nitrogen and oxygen atoms in total. The third-order valence-electron chi connectivity index (χ3n) is 1.47. The molecule has 0 N–H and O–H groups in total. The van der Waals surface area contributed by atoms with Gasteiger partial charge in [-0.2, -0.15) is 0 Å². The molecule has 1 aromatic heterocycles. The lowest BCUT2D eigenvalue weighted by molar-refractivity contribution is 0.0992. The second-order valence-electron chi connectivity index (χ2n) is 2.34. The summed E-state index contributed by atoms with van der Waals surface area (Å²) >= 11 is 7.30. The highest BCUT2D eigenvalue weighted by Gasteiger charge is 2.11. The van der Waals surface area contributed by atoms with Gasteiger partial charge in [0.15, 0.2) is 5.78 Å². The number of halogens is 1. The Morgan fingerprint density at radius 3 is 2.73 bits per heavy atom. The average Bonchev–Trinajstić information content (AvgIpc) is 2.32. The van der Waals surface area contributed by atoms with Crippen LogP contribution in [0.3, 0.4) is 0 Å². The molecule has 0 aliphatic rings. The van der Waals surface area contributed by atoms with E-state index in [1.165, 1.54) is 11.3 Å². The Hall–Kier alpha value is -0.340. The van der Waals surface area contributed by atoms with Crippen LogP contribution in [0, 0.1) is 6.92 Å². The fourth-order valence-corrected chi connectivity index (χ4v) is 2.09. The first-order valence-corrected chi connectivity index (χ1v) is 4.69. The molecule has 11 heavy (non-hydrogen) atoms. The quantitative estimate of drug-likeness (QED) is 0.651. The first-order valence-electron chi connectivity index (χ1n) is 3.43. The van der Waals surface area contributed by atoms with Crippen LogP contribution in [-0.4, -0.2) is 5.78 Å². The maximum atomic E-state index is 11.2. The predicted molar refractivity (Wildman–Crippen MR) is 48.7 cm³/mol. The van der Waals surface area contributed by atoms with Gasteiger partial charge in [0.25, 0.3) is 0 Å². The van der Waals surface area contributed by atoms with Crippen LogP contribution >= 0.6 is 22.9 Å². The molecular formula is C8H9ClOS. The monoisotopic (exact) mass is 188 g/mol. The van der Waals surface area contributed by atoms with Gasteiger partial charge in [0.05, 0.1) is 9.90 Å². The van der Waals surface area contributed by atoms with E-state index in [-0.39, 0.29) is 5.78 Å². The molecule has 0 radical (unpaired) electrons. The molecule has 0 saturated carbocycles. The number of thiophene rings is 1. The van der Waals surface area contributed by atoms with E-state index < -0.39 is 0 Å². The Balaban J connectivity index is 3.04. The highest BCUT2D eigenvalue weighted by atomic mass is 35.5. The van der Waals surface area contributed by atoms with Crippen LogP contribution in [0.25, 0.3) is 0 Å². The summed E-state index contributed by atoms with van der Waals surface area (Å²) in [6.45, 7) is 3.75. The molecule has 1 heterocycles. The summed E-state index contributed by atoms with van der Waals surface area (Å²) in [5, 5.41) is 2.53. The van der Waals surface area contributed by atoms with Gasteiger partial charge in [-0.15, -0.1) is 11.3 Å². The molecule has 0 atom stereocenters. The fraction of sp³-hybridized carbons (Fsp3) is 0.375. The Labute approximate surface area is 75.0 Å². The van der Waals surface area contributed by atoms with Gasteiger partial charge in [-0.25, -0.2) is 0 Å². The predicted octanol–water partition coefficient (Wildman–Crippen LogP) is 3.30. The third-order valence-corrected chi connectivity index (χ3v) is 3.21. The van der Waals surface area contributed by atoms with Crippen LogP contribution in [0.2, 0.25) is 5.02 Å². The lowest BCUT2D eigenvalue weighted by Gasteiger charge is -1.92. The smallest absolute Gasteiger partial charge is 0.174 e. The van der Waals surface area contributed by atoms with Crippen molar-refractivity contribution in [3.63, 3.8) is 0 Å². The minimum atomic E-state index is 0.133. The van der Waals surface area contributed by atoms with Crippen LogP contribution in [-0.2, 0) is 0 Å². The second-order valence-corrected chi connectivity index (χ2v) is 3.60. The summed E-state index contributed by atoms with van der Waals surface area (Å²) in [6, 6.07) is 0. The standard InChI is InChI=1S/C8H9ClOS/c1-3-6(10)8-7(9)5(2)4-11-8/h4H,3H2,1-2H3. The number of hydrogen-bond acceptors (Lipinski definition) is 2. The van der Waals surface area contributed by atoms with Crippen molar-refractivity contribution in [3.05, 3.63) is 20.8 Å². The SMILES string of the molecule is CCC(=O)c1scc(C)c1Cl. The first-order chi connectivity index (χ1) is 5.16. The molecule has 0 unspecified atom stereocenters. The van der Waals surface area contributed by atoms with Gasteiger partial charge in [-0.1, -0.05) is 18.5 Å². The summed E-state index contributed by atoms with van der Waals surface area (Å²) in [5.41, 5.74) is 0.994. The highest BCUT2D eigenvalue weighted by molar-refractivity contribution is 7.13. The number of aryl methyl sites for hydroxylation is 1. The molecule has 0 spiro atoms. The van der Waals surface area contributed by atoms with Crippen molar-refractivity contribution in [2.24, 2.45) is 0 Å². The second kappa shape index (κ2) is 3.37. The third kappa shape index (κ3) is 1.63. The van der Waals surface area contributed by atoms with Crippen LogP contribution < -0.4 is 0 Å². The zero-order valence-corrected chi connectivity index (χ0v) is 8.05. The zero-order valence-electron chi connectivity index (χ0n) is 6.48. The van der Waals surface area contributed by atoms with E-state index in [0.29, 0.717) is 16.3 Å². The number of ketones is 1. The van der Waals surface area contributed by atoms with Gasteiger partial charge < -0.3 is 0 Å². The summed E-state index contributed by atoms with van der Waals surface area (Å²) in [4.78, 5) is 11.9. The van der Waals surface area contributed by atoms with Gasteiger partial charge in [0.2, 0.25) is 0 Å². The van der Waals surface area contributed by atoms with Crippen molar-refractivity contribution >= 4 is 28.7 Å². The molecule has 0 bridgehead atoms. The summed E-state index contributed by atoms with van der Waals surface area (Å²) in [7, 11) is 0. The largest absolute Gasteiger partial charge is 0.293 e. The van der Waals surface area contributed by atoms with Crippen molar-refractivity contribution in [1.29, 1.82) is 0 Å². The van der Waals surface area contributed by atoms with E-state index in [1.54, 1.807) is 0 Å². The maximum Gasteiger partial charge on any atom is 0.174 e. The first kappa shape index (κ1) is 8.75. The molecule has 0 aliphatic heterocycles. The average molecular weight is 189 g/mol. The molecule has 0 aromatic carbocycles. The van der Waals surface area contributed by atoms with E-state index in [0.717, 1.165) is 5.56 Å². The number of rotatable bonds is 2. The van der Waals surface area contributed by atoms with Gasteiger partial charge in [0, 0.05) is 6.42 Å². The minimum absolute atomic E-state index is 0.133. The van der Waals surface area contributed by atoms with Crippen molar-refractivity contribution in [2.45, 2.75) is 20.3 Å². The van der Waals surface area contributed by atoms with E-state index >= 15 is 0 Å². The number of carbonyl (C=O) groups excluding carboxylic acids is 1. The number of hydrogen-bond donors (Lipinski definition) is 0. The van der Waals surface area contributed by atoms with E-state index in [2.05, 4.69) is 0 Å². The minimum Gasteiger partial charge on any atom is -0.293 e. The molecule has 0 amide bonds. The van der Waals surface area contributed by atoms with Crippen LogP contribution in [0.15, 0.2) is 5.38 Å². The molecule has 1 rings (SSSR count). The van der Waals surface area contributed by atoms with Crippen LogP contribution in [0.5, 0.6) is 0 Å². The lowest BCUT2D eigenvalue weighted by Crippen LogP contribution is -1.92. The normalized spacial score (nSPS) is 10.1. The van der Waals surface area contributed by atoms with Crippen LogP contribution in [0.1, 0.15) is 28.6 Å². The molecule has 3 heteroatoms. The van der Waals surface area contributed by atoms with E-state index in [1.807, 2.05) is 19.2 Å². The Morgan fingerprint density at radius 2 is 2.36 bits per heavy atom. The van der Waals surface area contributed by atoms with Crippen LogP contribution in [0.4, 0.5) is 0 Å². The molecule has 0 fully saturated rings. The van der Waals surface area contributed by atoms with Gasteiger partial charge in [-0.3, -0.25) is 4.79 Å². The molecule has 0 saturated heterocycles. The van der Waals surface area contributed by atoms with E-state index in [4.69, 9.17) is 11.6 Å². The van der Waals surface area contributed by atoms with Crippen molar-refractivity contribution in [2.75, 3.05) is 0 Å². The lowest BCUT2D eigenvalue weighted by atomic mass is 10.2. The maximum absolute atomic E-state index is 11.2. The molecule has 60 valence electrons. The molecular weight excluding hydrogens is 180 g/mol. The Morgan fingerprint density at radius 1 is 1.73 bits per heavy atom. The van der Waals surface area contributed by atoms with Crippen molar-refractivity contribution in [1.82, 2.24) is 0 Å². The molecule has 0 aliphatic carbocycles. The summed E-state index contributed by atoms with van der Waals surface area (Å²) in [6.07, 6.45) is 0.527. The van der Waals surface area contributed by atoms with Crippen molar-refractivity contribution < 1.29 is 4.79 Å². The van der Waals surface area contributed by atoms with E-state index in [9.17, 15) is 4.79 Å². The Kier molecular flexibility index (Phi) is 2.68. The number of carbonyl (C=O) groups is 1. The van der Waals surface area contributed by atoms with Gasteiger partial charge >= 0.3 is 0 Å². The summed E-state index contributed by atoms with van der Waals surface area (Å²) < 4.78 is 0. The highest BCUT2D eigenvalue weighted by Crippen LogP contribution is 2.27. The topological polar surface area (TPSA) is 17.1 Å². The molecule has 1 aromatic rings. The van der Waals surface area contributed by atoms with Gasteiger partial charge in [0.1, 0.15) is 0 Å². The number of Topliss-reactive ketones (excluding diaryl/α,β-unsaturated/α-hetero) is 1. The Bertz CT molecular complexity index is 278. The zero-order chi connectivity index (χ0) is 8.43.